The first kappa shape index (κ1) is 11.0. The van der Waals surface area contributed by atoms with Crippen molar-refractivity contribution in [2.75, 3.05) is 0 Å². The Kier molecular flexibility index (Phi) is 4.37. The van der Waals surface area contributed by atoms with Crippen LogP contribution in [0.4, 0.5) is 0 Å². The molecule has 0 heterocycles. The van der Waals surface area contributed by atoms with E-state index in [9.17, 15) is 4.79 Å². The molecule has 1 heteroatoms. The molecular formula is C13H18O. The van der Waals surface area contributed by atoms with Crippen LogP contribution in [0.25, 0.3) is 0 Å². The number of hydrogen-bond donors (Lipinski definition) is 0. The first-order valence-corrected chi connectivity index (χ1v) is 5.34. The molecule has 0 saturated heterocycles. The highest BCUT2D eigenvalue weighted by Crippen LogP contribution is 2.07. The Labute approximate surface area is 85.8 Å². The molecule has 0 N–H and O–H groups in total. The van der Waals surface area contributed by atoms with Crippen LogP contribution in [0.15, 0.2) is 29.1 Å². The second-order valence-corrected chi connectivity index (χ2v) is 3.69. The average molecular weight is 190 g/mol. The molecule has 1 aromatic rings. The summed E-state index contributed by atoms with van der Waals surface area (Å²) in [7, 11) is 0. The molecule has 0 spiro atoms. The van der Waals surface area contributed by atoms with E-state index in [1.54, 1.807) is 6.07 Å². The van der Waals surface area contributed by atoms with E-state index in [0.29, 0.717) is 0 Å². The van der Waals surface area contributed by atoms with Gasteiger partial charge in [-0.15, -0.1) is 0 Å². The van der Waals surface area contributed by atoms with E-state index in [-0.39, 0.29) is 5.43 Å². The molecule has 0 radical (unpaired) electrons. The molecule has 1 rings (SSSR count). The van der Waals surface area contributed by atoms with E-state index < -0.39 is 0 Å². The highest BCUT2D eigenvalue weighted by Gasteiger charge is 1.98. The predicted octanol–water partition coefficient (Wildman–Crippen LogP) is 3.09. The van der Waals surface area contributed by atoms with Crippen molar-refractivity contribution in [1.29, 1.82) is 0 Å². The maximum absolute atomic E-state index is 11.5. The smallest absolute Gasteiger partial charge is 0.181 e. The quantitative estimate of drug-likeness (QED) is 0.667. The number of aryl methyl sites for hydroxylation is 1. The van der Waals surface area contributed by atoms with E-state index in [2.05, 4.69) is 13.0 Å². The molecule has 1 aromatic carbocycles. The molecule has 14 heavy (non-hydrogen) atoms. The number of hydrogen-bond acceptors (Lipinski definition) is 1. The van der Waals surface area contributed by atoms with E-state index in [1.165, 1.54) is 24.8 Å². The second kappa shape index (κ2) is 5.58. The Morgan fingerprint density at radius 2 is 1.86 bits per heavy atom. The summed E-state index contributed by atoms with van der Waals surface area (Å²) in [5.41, 5.74) is 2.26. The van der Waals surface area contributed by atoms with Crippen molar-refractivity contribution >= 4 is 0 Å². The molecule has 0 fully saturated rings. The molecule has 0 saturated carbocycles. The van der Waals surface area contributed by atoms with E-state index in [4.69, 9.17) is 0 Å². The van der Waals surface area contributed by atoms with Gasteiger partial charge in [0.05, 0.1) is 0 Å². The molecule has 0 aliphatic carbocycles. The molecule has 0 bridgehead atoms. The normalized spacial score (nSPS) is 10.1. The Bertz CT molecular complexity index is 341. The van der Waals surface area contributed by atoms with Crippen molar-refractivity contribution in [3.05, 3.63) is 45.6 Å². The van der Waals surface area contributed by atoms with Gasteiger partial charge in [-0.3, -0.25) is 4.79 Å². The molecule has 0 atom stereocenters. The molecule has 0 aliphatic heterocycles. The van der Waals surface area contributed by atoms with Crippen molar-refractivity contribution in [3.63, 3.8) is 0 Å². The zero-order valence-electron chi connectivity index (χ0n) is 9.05. The van der Waals surface area contributed by atoms with Gasteiger partial charge in [0.1, 0.15) is 0 Å². The third-order valence-corrected chi connectivity index (χ3v) is 2.56. The van der Waals surface area contributed by atoms with Gasteiger partial charge in [0, 0.05) is 0 Å². The molecular weight excluding hydrogens is 172 g/mol. The van der Waals surface area contributed by atoms with E-state index in [0.717, 1.165) is 12.0 Å². The minimum absolute atomic E-state index is 0.154. The van der Waals surface area contributed by atoms with Gasteiger partial charge in [0.2, 0.25) is 0 Å². The maximum Gasteiger partial charge on any atom is 0.181 e. The van der Waals surface area contributed by atoms with Gasteiger partial charge in [-0.05, 0) is 37.0 Å². The standard InChI is InChI=1S/C13H18O/c1-3-4-5-8-12-9-6-7-10-13(14)11(12)2/h6-7,9-10H,3-5,8H2,1-2H3. The van der Waals surface area contributed by atoms with E-state index >= 15 is 0 Å². The maximum atomic E-state index is 11.5. The summed E-state index contributed by atoms with van der Waals surface area (Å²) < 4.78 is 0. The highest BCUT2D eigenvalue weighted by atomic mass is 16.1. The lowest BCUT2D eigenvalue weighted by Gasteiger charge is -2.00. The molecule has 0 aliphatic rings. The fourth-order valence-electron chi connectivity index (χ4n) is 1.56. The van der Waals surface area contributed by atoms with Crippen molar-refractivity contribution in [2.24, 2.45) is 0 Å². The van der Waals surface area contributed by atoms with Crippen LogP contribution >= 0.6 is 0 Å². The third-order valence-electron chi connectivity index (χ3n) is 2.56. The fourth-order valence-corrected chi connectivity index (χ4v) is 1.56. The first-order valence-electron chi connectivity index (χ1n) is 5.34. The summed E-state index contributed by atoms with van der Waals surface area (Å²) in [6.07, 6.45) is 4.68. The first-order chi connectivity index (χ1) is 6.75. The Hall–Kier alpha value is -1.11. The van der Waals surface area contributed by atoms with Crippen molar-refractivity contribution in [3.8, 4) is 0 Å². The third kappa shape index (κ3) is 2.99. The summed E-state index contributed by atoms with van der Waals surface area (Å²) in [4.78, 5) is 11.5. The van der Waals surface area contributed by atoms with Gasteiger partial charge in [-0.2, -0.15) is 0 Å². The van der Waals surface area contributed by atoms with Gasteiger partial charge < -0.3 is 0 Å². The topological polar surface area (TPSA) is 17.1 Å². The molecule has 1 nitrogen and oxygen atoms in total. The second-order valence-electron chi connectivity index (χ2n) is 3.69. The average Bonchev–Trinajstić information content (AvgIpc) is 2.33. The lowest BCUT2D eigenvalue weighted by molar-refractivity contribution is 0.715. The predicted molar refractivity (Wildman–Crippen MR) is 60.7 cm³/mol. The molecule has 0 unspecified atom stereocenters. The van der Waals surface area contributed by atoms with Gasteiger partial charge in [-0.25, -0.2) is 0 Å². The van der Waals surface area contributed by atoms with Crippen LogP contribution in [-0.4, -0.2) is 0 Å². The lowest BCUT2D eigenvalue weighted by atomic mass is 10.0. The van der Waals surface area contributed by atoms with Crippen LogP contribution in [0.2, 0.25) is 0 Å². The zero-order chi connectivity index (χ0) is 10.4. The minimum Gasteiger partial charge on any atom is -0.290 e. The molecule has 76 valence electrons. The summed E-state index contributed by atoms with van der Waals surface area (Å²) in [5.74, 6) is 0. The summed E-state index contributed by atoms with van der Waals surface area (Å²) in [6, 6.07) is 7.47. The monoisotopic (exact) mass is 190 g/mol. The zero-order valence-corrected chi connectivity index (χ0v) is 9.05. The fraction of sp³-hybridized carbons (Fsp3) is 0.462. The van der Waals surface area contributed by atoms with Crippen LogP contribution in [0.1, 0.15) is 37.3 Å². The van der Waals surface area contributed by atoms with Gasteiger partial charge in [-0.1, -0.05) is 38.0 Å². The molecule has 0 aromatic heterocycles. The van der Waals surface area contributed by atoms with E-state index in [1.807, 2.05) is 19.1 Å². The largest absolute Gasteiger partial charge is 0.290 e. The summed E-state index contributed by atoms with van der Waals surface area (Å²) >= 11 is 0. The lowest BCUT2D eigenvalue weighted by Crippen LogP contribution is -2.02. The van der Waals surface area contributed by atoms with Crippen LogP contribution in [0.5, 0.6) is 0 Å². The van der Waals surface area contributed by atoms with Gasteiger partial charge >= 0.3 is 0 Å². The number of rotatable bonds is 4. The van der Waals surface area contributed by atoms with Crippen molar-refractivity contribution in [1.82, 2.24) is 0 Å². The Morgan fingerprint density at radius 1 is 1.14 bits per heavy atom. The SMILES string of the molecule is CCCCCc1ccccc(=O)c1C. The number of unbranched alkanes of at least 4 members (excludes halogenated alkanes) is 2. The van der Waals surface area contributed by atoms with Crippen LogP contribution in [-0.2, 0) is 6.42 Å². The van der Waals surface area contributed by atoms with Gasteiger partial charge in [0.15, 0.2) is 5.43 Å². The minimum atomic E-state index is 0.154. The highest BCUT2D eigenvalue weighted by molar-refractivity contribution is 5.24. The van der Waals surface area contributed by atoms with Gasteiger partial charge in [0.25, 0.3) is 0 Å². The van der Waals surface area contributed by atoms with Crippen LogP contribution < -0.4 is 5.43 Å². The van der Waals surface area contributed by atoms with Crippen LogP contribution in [0, 0.1) is 6.92 Å². The molecule has 0 amide bonds. The summed E-state index contributed by atoms with van der Waals surface area (Å²) in [6.45, 7) is 4.11. The van der Waals surface area contributed by atoms with Crippen molar-refractivity contribution in [2.45, 2.75) is 39.5 Å². The van der Waals surface area contributed by atoms with Crippen LogP contribution in [0.3, 0.4) is 0 Å². The van der Waals surface area contributed by atoms with Crippen molar-refractivity contribution < 1.29 is 0 Å². The Balaban J connectivity index is 2.82. The Morgan fingerprint density at radius 3 is 2.57 bits per heavy atom. The summed E-state index contributed by atoms with van der Waals surface area (Å²) in [5, 5.41) is 0.